The van der Waals surface area contributed by atoms with Gasteiger partial charge in [-0.15, -0.1) is 0 Å². The highest BCUT2D eigenvalue weighted by molar-refractivity contribution is 5.92. The molecule has 3 rings (SSSR count). The summed E-state index contributed by atoms with van der Waals surface area (Å²) in [4.78, 5) is 26.2. The molecule has 0 bridgehead atoms. The second-order valence-corrected chi connectivity index (χ2v) is 8.71. The fraction of sp³-hybridized carbons (Fsp3) is 0.440. The van der Waals surface area contributed by atoms with Gasteiger partial charge < -0.3 is 23.8 Å². The normalized spacial score (nSPS) is 14.6. The highest BCUT2D eigenvalue weighted by atomic mass is 16.6. The minimum atomic E-state index is -0.528. The number of amides is 1. The SMILES string of the molecule is COC(=O)c1ccc(OCc2ccccc2)cc1OC1CCN(C(=O)OC(C)(C)C)CC1. The topological polar surface area (TPSA) is 74.3 Å². The van der Waals surface area contributed by atoms with Crippen LogP contribution in [-0.2, 0) is 16.1 Å². The average Bonchev–Trinajstić information content (AvgIpc) is 2.77. The van der Waals surface area contributed by atoms with E-state index in [0.29, 0.717) is 49.6 Å². The zero-order valence-corrected chi connectivity index (χ0v) is 19.1. The molecule has 32 heavy (non-hydrogen) atoms. The van der Waals surface area contributed by atoms with Crippen LogP contribution < -0.4 is 9.47 Å². The molecule has 0 spiro atoms. The van der Waals surface area contributed by atoms with Gasteiger partial charge in [-0.3, -0.25) is 0 Å². The molecule has 1 heterocycles. The zero-order chi connectivity index (χ0) is 23.1. The standard InChI is InChI=1S/C25H31NO6/c1-25(2,3)32-24(28)26-14-12-19(13-15-26)31-22-16-20(10-11-21(22)23(27)29-4)30-17-18-8-6-5-7-9-18/h5-11,16,19H,12-15,17H2,1-4H3. The Kier molecular flexibility index (Phi) is 7.62. The first kappa shape index (κ1) is 23.4. The third-order valence-electron chi connectivity index (χ3n) is 4.99. The summed E-state index contributed by atoms with van der Waals surface area (Å²) in [6, 6.07) is 14.9. The minimum absolute atomic E-state index is 0.138. The molecular formula is C25H31NO6. The monoisotopic (exact) mass is 441 g/mol. The van der Waals surface area contributed by atoms with E-state index >= 15 is 0 Å². The van der Waals surface area contributed by atoms with Crippen LogP contribution in [0, 0.1) is 0 Å². The molecule has 0 unspecified atom stereocenters. The van der Waals surface area contributed by atoms with Crippen molar-refractivity contribution in [1.29, 1.82) is 0 Å². The molecule has 1 saturated heterocycles. The number of benzene rings is 2. The van der Waals surface area contributed by atoms with Gasteiger partial charge in [-0.05, 0) is 38.5 Å². The first-order valence-electron chi connectivity index (χ1n) is 10.8. The Morgan fingerprint density at radius 1 is 1.03 bits per heavy atom. The van der Waals surface area contributed by atoms with E-state index in [9.17, 15) is 9.59 Å². The van der Waals surface area contributed by atoms with Crippen LogP contribution in [0.4, 0.5) is 4.79 Å². The average molecular weight is 442 g/mol. The lowest BCUT2D eigenvalue weighted by Crippen LogP contribution is -2.44. The molecule has 2 aromatic carbocycles. The molecule has 0 atom stereocenters. The van der Waals surface area contributed by atoms with Crippen molar-refractivity contribution in [2.75, 3.05) is 20.2 Å². The third-order valence-corrected chi connectivity index (χ3v) is 4.99. The van der Waals surface area contributed by atoms with Gasteiger partial charge >= 0.3 is 12.1 Å². The fourth-order valence-electron chi connectivity index (χ4n) is 3.37. The molecule has 1 fully saturated rings. The lowest BCUT2D eigenvalue weighted by molar-refractivity contribution is 0.0126. The number of rotatable bonds is 6. The number of hydrogen-bond donors (Lipinski definition) is 0. The minimum Gasteiger partial charge on any atom is -0.489 e. The Morgan fingerprint density at radius 2 is 1.72 bits per heavy atom. The van der Waals surface area contributed by atoms with Gasteiger partial charge in [0.2, 0.25) is 0 Å². The van der Waals surface area contributed by atoms with Crippen LogP contribution in [0.25, 0.3) is 0 Å². The Bertz CT molecular complexity index is 914. The Hall–Kier alpha value is -3.22. The fourth-order valence-corrected chi connectivity index (χ4v) is 3.37. The summed E-state index contributed by atoms with van der Waals surface area (Å²) in [6.07, 6.45) is 0.813. The lowest BCUT2D eigenvalue weighted by atomic mass is 10.1. The quantitative estimate of drug-likeness (QED) is 0.598. The second-order valence-electron chi connectivity index (χ2n) is 8.71. The van der Waals surface area contributed by atoms with Crippen LogP contribution in [0.3, 0.4) is 0 Å². The van der Waals surface area contributed by atoms with Crippen LogP contribution in [-0.4, -0.2) is 48.9 Å². The third kappa shape index (κ3) is 6.64. The smallest absolute Gasteiger partial charge is 0.410 e. The van der Waals surface area contributed by atoms with Crippen LogP contribution in [0.1, 0.15) is 49.5 Å². The molecular weight excluding hydrogens is 410 g/mol. The summed E-state index contributed by atoms with van der Waals surface area (Å²) < 4.78 is 22.4. The summed E-state index contributed by atoms with van der Waals surface area (Å²) in [6.45, 7) is 7.01. The van der Waals surface area contributed by atoms with Gasteiger partial charge in [-0.1, -0.05) is 30.3 Å². The van der Waals surface area contributed by atoms with Gasteiger partial charge in [-0.2, -0.15) is 0 Å². The summed E-state index contributed by atoms with van der Waals surface area (Å²) in [5.74, 6) is 0.543. The molecule has 0 radical (unpaired) electrons. The van der Waals surface area contributed by atoms with Crippen molar-refractivity contribution in [3.63, 3.8) is 0 Å². The van der Waals surface area contributed by atoms with E-state index in [-0.39, 0.29) is 12.2 Å². The van der Waals surface area contributed by atoms with Crippen molar-refractivity contribution >= 4 is 12.1 Å². The van der Waals surface area contributed by atoms with Gasteiger partial charge in [0.25, 0.3) is 0 Å². The molecule has 7 nitrogen and oxygen atoms in total. The molecule has 1 aliphatic rings. The predicted octanol–water partition coefficient (Wildman–Crippen LogP) is 4.83. The van der Waals surface area contributed by atoms with Gasteiger partial charge in [0.1, 0.15) is 35.4 Å². The first-order valence-corrected chi connectivity index (χ1v) is 10.8. The van der Waals surface area contributed by atoms with Crippen LogP contribution >= 0.6 is 0 Å². The van der Waals surface area contributed by atoms with Gasteiger partial charge in [0, 0.05) is 32.0 Å². The van der Waals surface area contributed by atoms with E-state index in [4.69, 9.17) is 18.9 Å². The van der Waals surface area contributed by atoms with Crippen LogP contribution in [0.2, 0.25) is 0 Å². The molecule has 7 heteroatoms. The molecule has 1 amide bonds. The van der Waals surface area contributed by atoms with Crippen molar-refractivity contribution in [3.05, 3.63) is 59.7 Å². The number of nitrogens with zero attached hydrogens (tertiary/aromatic N) is 1. The maximum atomic E-state index is 12.3. The van der Waals surface area contributed by atoms with Gasteiger partial charge in [0.15, 0.2) is 0 Å². The summed E-state index contributed by atoms with van der Waals surface area (Å²) in [7, 11) is 1.34. The van der Waals surface area contributed by atoms with Crippen molar-refractivity contribution in [3.8, 4) is 11.5 Å². The van der Waals surface area contributed by atoms with Crippen molar-refractivity contribution in [2.45, 2.75) is 51.9 Å². The number of carbonyl (C=O) groups is 2. The number of piperidine rings is 1. The van der Waals surface area contributed by atoms with Crippen molar-refractivity contribution < 1.29 is 28.5 Å². The van der Waals surface area contributed by atoms with E-state index in [2.05, 4.69) is 0 Å². The van der Waals surface area contributed by atoms with Crippen LogP contribution in [0.15, 0.2) is 48.5 Å². The van der Waals surface area contributed by atoms with Gasteiger partial charge in [0.05, 0.1) is 7.11 Å². The van der Waals surface area contributed by atoms with E-state index in [1.165, 1.54) is 7.11 Å². The van der Waals surface area contributed by atoms with Crippen molar-refractivity contribution in [1.82, 2.24) is 4.90 Å². The highest BCUT2D eigenvalue weighted by Crippen LogP contribution is 2.29. The van der Waals surface area contributed by atoms with Gasteiger partial charge in [-0.25, -0.2) is 9.59 Å². The lowest BCUT2D eigenvalue weighted by Gasteiger charge is -2.33. The molecule has 0 saturated carbocycles. The van der Waals surface area contributed by atoms with E-state index < -0.39 is 11.6 Å². The number of methoxy groups -OCH3 is 1. The zero-order valence-electron chi connectivity index (χ0n) is 19.1. The van der Waals surface area contributed by atoms with E-state index in [1.54, 1.807) is 23.1 Å². The number of carbonyl (C=O) groups excluding carboxylic acids is 2. The molecule has 0 N–H and O–H groups in total. The predicted molar refractivity (Wildman–Crippen MR) is 120 cm³/mol. The van der Waals surface area contributed by atoms with E-state index in [1.807, 2.05) is 51.1 Å². The number of likely N-dealkylation sites (tertiary alicyclic amines) is 1. The second kappa shape index (κ2) is 10.4. The molecule has 172 valence electrons. The van der Waals surface area contributed by atoms with E-state index in [0.717, 1.165) is 5.56 Å². The summed E-state index contributed by atoms with van der Waals surface area (Å²) in [5, 5.41) is 0. The first-order chi connectivity index (χ1) is 15.2. The number of ether oxygens (including phenoxy) is 4. The molecule has 1 aliphatic heterocycles. The molecule has 2 aromatic rings. The Labute approximate surface area is 189 Å². The van der Waals surface area contributed by atoms with Crippen molar-refractivity contribution in [2.24, 2.45) is 0 Å². The number of esters is 1. The Morgan fingerprint density at radius 3 is 2.34 bits per heavy atom. The van der Waals surface area contributed by atoms with Crippen LogP contribution in [0.5, 0.6) is 11.5 Å². The molecule has 0 aromatic heterocycles. The summed E-state index contributed by atoms with van der Waals surface area (Å²) in [5.41, 5.74) is 0.857. The maximum Gasteiger partial charge on any atom is 0.410 e. The summed E-state index contributed by atoms with van der Waals surface area (Å²) >= 11 is 0. The largest absolute Gasteiger partial charge is 0.489 e. The highest BCUT2D eigenvalue weighted by Gasteiger charge is 2.28. The number of hydrogen-bond acceptors (Lipinski definition) is 6. The molecule has 0 aliphatic carbocycles. The Balaban J connectivity index is 1.65. The maximum absolute atomic E-state index is 12.3.